The minimum absolute atomic E-state index is 1.17. The van der Waals surface area contributed by atoms with Crippen molar-refractivity contribution in [2.75, 3.05) is 0 Å². The molecule has 0 nitrogen and oxygen atoms in total. The van der Waals surface area contributed by atoms with Crippen molar-refractivity contribution in [2.45, 2.75) is 120 Å². The van der Waals surface area contributed by atoms with Gasteiger partial charge < -0.3 is 0 Å². The van der Waals surface area contributed by atoms with Crippen LogP contribution in [0, 0.1) is 0 Å². The Bertz CT molecular complexity index is 578. The van der Waals surface area contributed by atoms with Crippen LogP contribution in [0.2, 0.25) is 0 Å². The Kier molecular flexibility index (Phi) is 17.3. The summed E-state index contributed by atoms with van der Waals surface area (Å²) < 4.78 is 0. The first-order valence-corrected chi connectivity index (χ1v) is 12.1. The van der Waals surface area contributed by atoms with E-state index in [0.29, 0.717) is 0 Å². The molecule has 0 aliphatic carbocycles. The molecule has 0 spiro atoms. The number of hydrogen-bond donors (Lipinski definition) is 0. The fourth-order valence-corrected chi connectivity index (χ4v) is 3.34. The summed E-state index contributed by atoms with van der Waals surface area (Å²) in [4.78, 5) is 0. The summed E-state index contributed by atoms with van der Waals surface area (Å²) in [5.41, 5.74) is 8.97. The Hall–Kier alpha value is -1.56. The van der Waals surface area contributed by atoms with Crippen LogP contribution in [0.1, 0.15) is 120 Å². The molecule has 0 saturated heterocycles. The van der Waals surface area contributed by atoms with Gasteiger partial charge in [-0.1, -0.05) is 69.9 Å². The van der Waals surface area contributed by atoms with E-state index in [9.17, 15) is 0 Å². The predicted molar refractivity (Wildman–Crippen MR) is 140 cm³/mol. The lowest BCUT2D eigenvalue weighted by Gasteiger charge is -2.02. The highest BCUT2D eigenvalue weighted by Gasteiger charge is 1.94. The molecule has 0 bridgehead atoms. The van der Waals surface area contributed by atoms with Crippen molar-refractivity contribution in [1.29, 1.82) is 0 Å². The topological polar surface area (TPSA) is 0 Å². The highest BCUT2D eigenvalue weighted by molar-refractivity contribution is 5.08. The molecule has 0 fully saturated rings. The van der Waals surface area contributed by atoms with E-state index in [-0.39, 0.29) is 0 Å². The maximum absolute atomic E-state index is 2.43. The third-order valence-corrected chi connectivity index (χ3v) is 5.40. The van der Waals surface area contributed by atoms with E-state index in [1.807, 2.05) is 0 Å². The zero-order valence-electron chi connectivity index (χ0n) is 21.5. The maximum Gasteiger partial charge on any atom is -0.0288 e. The van der Waals surface area contributed by atoms with E-state index in [4.69, 9.17) is 0 Å². The summed E-state index contributed by atoms with van der Waals surface area (Å²) in [7, 11) is 0. The van der Waals surface area contributed by atoms with Gasteiger partial charge in [0.05, 0.1) is 0 Å². The van der Waals surface area contributed by atoms with Gasteiger partial charge in [0.25, 0.3) is 0 Å². The molecule has 0 aliphatic rings. The molecule has 0 amide bonds. The molecule has 30 heavy (non-hydrogen) atoms. The minimum Gasteiger partial charge on any atom is -0.0856 e. The summed E-state index contributed by atoms with van der Waals surface area (Å²) in [6, 6.07) is 0. The van der Waals surface area contributed by atoms with E-state index >= 15 is 0 Å². The van der Waals surface area contributed by atoms with Gasteiger partial charge in [-0.3, -0.25) is 0 Å². The SMILES string of the molecule is [13CH3]C([13CH3])=C[13CH2]C/C([13CH3])=C/[13CH2]C/C([13CH3])=C/[13CH2][13CH2]/C=C(\[13CH3])C[13CH2]/C=C(\[13CH3])C[13CH2]C=C([13CH3])[13CH3]. The van der Waals surface area contributed by atoms with Crippen molar-refractivity contribution in [3.63, 3.8) is 0 Å². The highest BCUT2D eigenvalue weighted by atomic mass is 14.5. The lowest BCUT2D eigenvalue weighted by atomic mass is 10.3. The summed E-state index contributed by atoms with van der Waals surface area (Å²) in [6.07, 6.45) is 26.2. The van der Waals surface area contributed by atoms with Crippen LogP contribution < -0.4 is 0 Å². The standard InChI is InChI=1S/C30H50/c1-25(2)15-11-19-29(7)23-13-21-27(5)17-9-10-18-28(6)22-14-24-30(8)20-12-16-26(3)4/h15-18,23-24H,9-14,19-22H2,1-8H3/b27-17+,28-18+,29-23+,30-24+/i1+1,2+1,3+1,4+1,5+1,6+1,7+1,8+1,9+1,10+1,11+1,12+1,13+1,14+1. The first-order chi connectivity index (χ1) is 14.2. The maximum atomic E-state index is 2.43. The smallest absolute Gasteiger partial charge is 0.0288 e. The van der Waals surface area contributed by atoms with Crippen LogP contribution in [0.3, 0.4) is 0 Å². The first kappa shape index (κ1) is 28.4. The summed E-state index contributed by atoms with van der Waals surface area (Å²) in [6.45, 7) is 17.8. The largest absolute Gasteiger partial charge is 0.0856 e. The van der Waals surface area contributed by atoms with Gasteiger partial charge in [-0.2, -0.15) is 0 Å². The molecule has 0 rings (SSSR count). The van der Waals surface area contributed by atoms with E-state index in [2.05, 4.69) is 91.8 Å². The van der Waals surface area contributed by atoms with Gasteiger partial charge in [0.2, 0.25) is 0 Å². The minimum atomic E-state index is 1.17. The van der Waals surface area contributed by atoms with Crippen molar-refractivity contribution < 1.29 is 0 Å². The van der Waals surface area contributed by atoms with Crippen LogP contribution in [0.15, 0.2) is 69.9 Å². The van der Waals surface area contributed by atoms with E-state index < -0.39 is 0 Å². The van der Waals surface area contributed by atoms with Crippen molar-refractivity contribution >= 4 is 0 Å². The number of hydrogen-bond acceptors (Lipinski definition) is 0. The van der Waals surface area contributed by atoms with Gasteiger partial charge in [0.1, 0.15) is 0 Å². The second-order valence-electron chi connectivity index (χ2n) is 9.50. The lowest BCUT2D eigenvalue weighted by Crippen LogP contribution is -1.82. The molecule has 0 aromatic carbocycles. The Morgan fingerprint density at radius 3 is 0.833 bits per heavy atom. The van der Waals surface area contributed by atoms with E-state index in [1.165, 1.54) is 97.6 Å². The quantitative estimate of drug-likeness (QED) is 0.139. The summed E-state index contributed by atoms with van der Waals surface area (Å²) >= 11 is 0. The third kappa shape index (κ3) is 19.7. The van der Waals surface area contributed by atoms with Crippen LogP contribution >= 0.6 is 0 Å². The zero-order valence-corrected chi connectivity index (χ0v) is 21.5. The molecule has 0 N–H and O–H groups in total. The van der Waals surface area contributed by atoms with E-state index in [1.54, 1.807) is 0 Å². The van der Waals surface area contributed by atoms with Gasteiger partial charge in [0, 0.05) is 0 Å². The first-order valence-electron chi connectivity index (χ1n) is 12.1. The van der Waals surface area contributed by atoms with E-state index in [0.717, 1.165) is 0 Å². The number of allylic oxidation sites excluding steroid dienone is 12. The molecule has 0 atom stereocenters. The summed E-state index contributed by atoms with van der Waals surface area (Å²) in [5, 5.41) is 0. The lowest BCUT2D eigenvalue weighted by molar-refractivity contribution is 0.896. The Morgan fingerprint density at radius 1 is 0.333 bits per heavy atom. The predicted octanol–water partition coefficient (Wildman–Crippen LogP) is 10.6. The highest BCUT2D eigenvalue weighted by Crippen LogP contribution is 2.14. The second-order valence-corrected chi connectivity index (χ2v) is 9.50. The van der Waals surface area contributed by atoms with Crippen molar-refractivity contribution in [1.82, 2.24) is 0 Å². The fraction of sp³-hybridized carbons (Fsp3) is 0.600. The molecule has 0 radical (unpaired) electrons. The van der Waals surface area contributed by atoms with Crippen molar-refractivity contribution in [2.24, 2.45) is 0 Å². The molecule has 0 aliphatic heterocycles. The van der Waals surface area contributed by atoms with Gasteiger partial charge in [-0.05, 0) is 120 Å². The Labute approximate surface area is 189 Å². The molecular weight excluding hydrogens is 374 g/mol. The van der Waals surface area contributed by atoms with Gasteiger partial charge >= 0.3 is 0 Å². The average molecular weight is 425 g/mol. The van der Waals surface area contributed by atoms with Gasteiger partial charge in [-0.15, -0.1) is 0 Å². The normalized spacial score (nSPS) is 13.5. The molecule has 0 heteroatoms. The van der Waals surface area contributed by atoms with Crippen molar-refractivity contribution in [3.8, 4) is 0 Å². The molecule has 0 aromatic heterocycles. The van der Waals surface area contributed by atoms with Crippen LogP contribution in [0.25, 0.3) is 0 Å². The summed E-state index contributed by atoms with van der Waals surface area (Å²) in [5.74, 6) is 0. The van der Waals surface area contributed by atoms with Crippen LogP contribution in [-0.4, -0.2) is 0 Å². The zero-order chi connectivity index (χ0) is 22.8. The molecule has 170 valence electrons. The average Bonchev–Trinajstić information content (AvgIpc) is 2.64. The van der Waals surface area contributed by atoms with Gasteiger partial charge in [0.15, 0.2) is 0 Å². The molecule has 0 heterocycles. The third-order valence-electron chi connectivity index (χ3n) is 5.40. The molecular formula is C30H50. The fourth-order valence-electron chi connectivity index (χ4n) is 3.34. The molecule has 0 unspecified atom stereocenters. The molecule has 0 saturated carbocycles. The van der Waals surface area contributed by atoms with Gasteiger partial charge in [-0.25, -0.2) is 0 Å². The second kappa shape index (κ2) is 18.2. The molecule has 0 aromatic rings. The van der Waals surface area contributed by atoms with Crippen LogP contribution in [0.5, 0.6) is 0 Å². The number of unbranched alkanes of at least 4 members (excludes halogenated alkanes) is 1. The van der Waals surface area contributed by atoms with Crippen LogP contribution in [-0.2, 0) is 0 Å². The Morgan fingerprint density at radius 2 is 0.567 bits per heavy atom. The van der Waals surface area contributed by atoms with Crippen molar-refractivity contribution in [3.05, 3.63) is 69.9 Å². The monoisotopic (exact) mass is 424 g/mol. The van der Waals surface area contributed by atoms with Crippen LogP contribution in [0.4, 0.5) is 0 Å². The Balaban J connectivity index is 4.05. The number of rotatable bonds is 15.